The molecule has 3 aromatic heterocycles. The number of H-pyrrole nitrogens is 1. The number of aromatic nitrogens is 5. The second-order valence-electron chi connectivity index (χ2n) is 10.1. The van der Waals surface area contributed by atoms with Crippen LogP contribution in [0.4, 0.5) is 14.6 Å². The fraction of sp³-hybridized carbons (Fsp3) is 0.214. The molecule has 1 fully saturated rings. The zero-order valence-electron chi connectivity index (χ0n) is 21.3. The third-order valence-corrected chi connectivity index (χ3v) is 7.65. The van der Waals surface area contributed by atoms with Gasteiger partial charge >= 0.3 is 0 Å². The van der Waals surface area contributed by atoms with Gasteiger partial charge in [-0.3, -0.25) is 29.4 Å². The first kappa shape index (κ1) is 24.1. The van der Waals surface area contributed by atoms with Crippen LogP contribution < -0.4 is 5.32 Å². The van der Waals surface area contributed by atoms with Gasteiger partial charge < -0.3 is 9.72 Å². The molecule has 4 heterocycles. The highest BCUT2D eigenvalue weighted by molar-refractivity contribution is 6.21. The Morgan fingerprint density at radius 2 is 1.85 bits per heavy atom. The maximum absolute atomic E-state index is 16.2. The molecule has 0 radical (unpaired) electrons. The first-order valence-corrected chi connectivity index (χ1v) is 12.7. The van der Waals surface area contributed by atoms with E-state index in [4.69, 9.17) is 0 Å². The number of amides is 3. The average Bonchev–Trinajstić information content (AvgIpc) is 3.23. The number of nitrogens with one attached hydrogen (secondary N) is 2. The van der Waals surface area contributed by atoms with Crippen LogP contribution in [0.15, 0.2) is 49.1 Å². The second kappa shape index (κ2) is 8.50. The van der Waals surface area contributed by atoms with E-state index >= 15 is 4.39 Å². The highest BCUT2D eigenvalue weighted by Gasteiger charge is 2.44. The van der Waals surface area contributed by atoms with Gasteiger partial charge in [-0.2, -0.15) is 5.10 Å². The number of fused-ring (bicyclic) bond motifs is 3. The Bertz CT molecular complexity index is 1880. The lowest BCUT2D eigenvalue weighted by atomic mass is 9.93. The van der Waals surface area contributed by atoms with Crippen molar-refractivity contribution in [1.82, 2.24) is 29.5 Å². The van der Waals surface area contributed by atoms with Crippen LogP contribution >= 0.6 is 0 Å². The third-order valence-electron chi connectivity index (χ3n) is 7.65. The Balaban J connectivity index is 1.29. The van der Waals surface area contributed by atoms with Crippen molar-refractivity contribution >= 4 is 40.1 Å². The Morgan fingerprint density at radius 3 is 2.52 bits per heavy atom. The smallest absolute Gasteiger partial charge is 0.262 e. The van der Waals surface area contributed by atoms with Crippen molar-refractivity contribution in [3.8, 4) is 11.3 Å². The first-order valence-electron chi connectivity index (χ1n) is 12.7. The van der Waals surface area contributed by atoms with Crippen LogP contribution in [0.1, 0.15) is 51.2 Å². The summed E-state index contributed by atoms with van der Waals surface area (Å²) in [5.41, 5.74) is 2.62. The van der Waals surface area contributed by atoms with E-state index in [1.807, 2.05) is 0 Å². The molecule has 0 bridgehead atoms. The Morgan fingerprint density at radius 1 is 1.15 bits per heavy atom. The fourth-order valence-corrected chi connectivity index (χ4v) is 5.46. The van der Waals surface area contributed by atoms with Crippen LogP contribution in [0.2, 0.25) is 0 Å². The zero-order chi connectivity index (χ0) is 27.9. The van der Waals surface area contributed by atoms with Gasteiger partial charge in [-0.1, -0.05) is 12.1 Å². The maximum atomic E-state index is 16.2. The number of imide groups is 1. The summed E-state index contributed by atoms with van der Waals surface area (Å²) in [6.45, 7) is 3.21. The van der Waals surface area contributed by atoms with Gasteiger partial charge in [0.25, 0.3) is 11.8 Å². The molecule has 3 atom stereocenters. The summed E-state index contributed by atoms with van der Waals surface area (Å²) >= 11 is 0. The SMILES string of the molecule is Cc1c(F)c(C(C)N2C(=O)c3ccccc3C2=O)c2[nH]ncc2c1-c1cn2cc(NC(=O)C3CC3F)nc2cn1. The maximum Gasteiger partial charge on any atom is 0.262 e. The monoisotopic (exact) mass is 541 g/mol. The summed E-state index contributed by atoms with van der Waals surface area (Å²) in [5, 5.41) is 10.2. The summed E-state index contributed by atoms with van der Waals surface area (Å²) in [5.74, 6) is -2.39. The van der Waals surface area contributed by atoms with Gasteiger partial charge in [0.1, 0.15) is 12.0 Å². The van der Waals surface area contributed by atoms with E-state index in [0.29, 0.717) is 27.8 Å². The van der Waals surface area contributed by atoms with Gasteiger partial charge in [-0.25, -0.2) is 13.8 Å². The lowest BCUT2D eigenvalue weighted by Crippen LogP contribution is -2.33. The molecule has 1 aliphatic heterocycles. The highest BCUT2D eigenvalue weighted by Crippen LogP contribution is 2.41. The highest BCUT2D eigenvalue weighted by atomic mass is 19.1. The second-order valence-corrected chi connectivity index (χ2v) is 10.1. The number of rotatable bonds is 5. The number of carbonyl (C=O) groups is 3. The summed E-state index contributed by atoms with van der Waals surface area (Å²) in [6.07, 6.45) is 5.34. The normalized spacial score (nSPS) is 18.9. The van der Waals surface area contributed by atoms with Gasteiger partial charge in [0, 0.05) is 22.7 Å². The van der Waals surface area contributed by atoms with Crippen molar-refractivity contribution in [3.63, 3.8) is 0 Å². The number of halogens is 2. The van der Waals surface area contributed by atoms with E-state index in [-0.39, 0.29) is 34.5 Å². The molecule has 7 rings (SSSR count). The quantitative estimate of drug-likeness (QED) is 0.318. The van der Waals surface area contributed by atoms with E-state index in [1.54, 1.807) is 61.1 Å². The molecule has 40 heavy (non-hydrogen) atoms. The number of nitrogens with zero attached hydrogens (tertiary/aromatic N) is 5. The number of anilines is 1. The molecule has 12 heteroatoms. The first-order chi connectivity index (χ1) is 19.2. The molecular formula is C28H21F2N7O3. The topological polar surface area (TPSA) is 125 Å². The number of carbonyl (C=O) groups excluding carboxylic acids is 3. The number of benzene rings is 2. The van der Waals surface area contributed by atoms with Crippen LogP contribution in [0.3, 0.4) is 0 Å². The van der Waals surface area contributed by atoms with E-state index in [0.717, 1.165) is 4.90 Å². The molecule has 0 spiro atoms. The Labute approximate surface area is 225 Å². The number of hydrogen-bond acceptors (Lipinski definition) is 6. The summed E-state index contributed by atoms with van der Waals surface area (Å²) in [4.78, 5) is 48.2. The molecule has 2 N–H and O–H groups in total. The van der Waals surface area contributed by atoms with Crippen LogP contribution in [0.5, 0.6) is 0 Å². The van der Waals surface area contributed by atoms with E-state index in [9.17, 15) is 18.8 Å². The largest absolute Gasteiger partial charge is 0.309 e. The van der Waals surface area contributed by atoms with Crippen LogP contribution in [0.25, 0.3) is 27.8 Å². The van der Waals surface area contributed by atoms with Gasteiger partial charge in [0.15, 0.2) is 11.5 Å². The fourth-order valence-electron chi connectivity index (χ4n) is 5.46. The lowest BCUT2D eigenvalue weighted by Gasteiger charge is -2.25. The summed E-state index contributed by atoms with van der Waals surface area (Å²) in [6, 6.07) is 5.60. The van der Waals surface area contributed by atoms with E-state index in [1.165, 1.54) is 6.20 Å². The van der Waals surface area contributed by atoms with Crippen molar-refractivity contribution in [3.05, 3.63) is 77.1 Å². The van der Waals surface area contributed by atoms with Gasteiger partial charge in [0.2, 0.25) is 5.91 Å². The lowest BCUT2D eigenvalue weighted by molar-refractivity contribution is -0.117. The Hall–Kier alpha value is -5.00. The van der Waals surface area contributed by atoms with Crippen molar-refractivity contribution in [2.75, 3.05) is 5.32 Å². The number of hydrogen-bond donors (Lipinski definition) is 2. The van der Waals surface area contributed by atoms with Crippen molar-refractivity contribution in [1.29, 1.82) is 0 Å². The minimum absolute atomic E-state index is 0.142. The molecule has 3 amide bonds. The number of imidazole rings is 1. The molecule has 1 saturated carbocycles. The molecule has 1 aliphatic carbocycles. The minimum Gasteiger partial charge on any atom is -0.309 e. The van der Waals surface area contributed by atoms with Crippen molar-refractivity contribution < 1.29 is 23.2 Å². The molecule has 5 aromatic rings. The zero-order valence-corrected chi connectivity index (χ0v) is 21.3. The molecule has 2 aromatic carbocycles. The predicted octanol–water partition coefficient (Wildman–Crippen LogP) is 4.37. The summed E-state index contributed by atoms with van der Waals surface area (Å²) in [7, 11) is 0. The van der Waals surface area contributed by atoms with Crippen molar-refractivity contribution in [2.45, 2.75) is 32.5 Å². The van der Waals surface area contributed by atoms with Crippen LogP contribution in [-0.4, -0.2) is 53.4 Å². The Kier molecular flexibility index (Phi) is 5.11. The third kappa shape index (κ3) is 3.45. The molecule has 200 valence electrons. The molecule has 3 unspecified atom stereocenters. The van der Waals surface area contributed by atoms with Gasteiger partial charge in [-0.15, -0.1) is 0 Å². The molecular weight excluding hydrogens is 520 g/mol. The predicted molar refractivity (Wildman–Crippen MR) is 140 cm³/mol. The van der Waals surface area contributed by atoms with Crippen LogP contribution in [-0.2, 0) is 4.79 Å². The van der Waals surface area contributed by atoms with Crippen molar-refractivity contribution in [2.24, 2.45) is 5.92 Å². The minimum atomic E-state index is -1.12. The molecule has 0 saturated heterocycles. The summed E-state index contributed by atoms with van der Waals surface area (Å²) < 4.78 is 31.1. The van der Waals surface area contributed by atoms with Gasteiger partial charge in [-0.05, 0) is 38.0 Å². The van der Waals surface area contributed by atoms with Crippen LogP contribution in [0, 0.1) is 18.7 Å². The number of alkyl halides is 1. The number of aromatic amines is 1. The standard InChI is InChI=1S/C28H21F2N7O3/c1-12-22(19-10-36-11-20(33-21(36)9-31-19)34-26(38)16-7-18(16)29)17-8-32-35-25(17)23(24(12)30)13(2)37-27(39)14-5-3-4-6-15(14)28(37)40/h3-6,8-11,13,16,18H,7H2,1-2H3,(H,32,35)(H,34,38). The molecule has 2 aliphatic rings. The molecule has 10 nitrogen and oxygen atoms in total. The van der Waals surface area contributed by atoms with Gasteiger partial charge in [0.05, 0.1) is 52.9 Å². The average molecular weight is 542 g/mol. The van der Waals surface area contributed by atoms with E-state index in [2.05, 4.69) is 25.5 Å². The van der Waals surface area contributed by atoms with E-state index < -0.39 is 41.7 Å².